The number of anilines is 1. The van der Waals surface area contributed by atoms with E-state index in [-0.39, 0.29) is 17.6 Å². The molecule has 2 aromatic carbocycles. The van der Waals surface area contributed by atoms with Crippen molar-refractivity contribution in [1.29, 1.82) is 0 Å². The van der Waals surface area contributed by atoms with Crippen molar-refractivity contribution in [1.82, 2.24) is 25.1 Å². The smallest absolute Gasteiger partial charge is 0.251 e. The van der Waals surface area contributed by atoms with Crippen LogP contribution in [0, 0.1) is 20.8 Å². The highest BCUT2D eigenvalue weighted by molar-refractivity contribution is 7.99. The number of amides is 2. The molecular formula is C25H26N6O2S. The van der Waals surface area contributed by atoms with Crippen molar-refractivity contribution >= 4 is 34.9 Å². The van der Waals surface area contributed by atoms with Gasteiger partial charge in [0.05, 0.1) is 5.75 Å². The van der Waals surface area contributed by atoms with E-state index in [1.807, 2.05) is 57.2 Å². The van der Waals surface area contributed by atoms with E-state index in [4.69, 9.17) is 0 Å². The van der Waals surface area contributed by atoms with Gasteiger partial charge in [-0.3, -0.25) is 9.59 Å². The molecule has 2 N–H and O–H groups in total. The standard InChI is InChI=1S/C25H26N6O2S/c1-16-4-6-19(7-5-16)25(33)26-11-10-22-29-28-21-8-9-24(30-31(21)22)34-15-23(32)27-20-13-17(2)12-18(3)14-20/h4-9,12-14H,10-11,15H2,1-3H3,(H,26,33)(H,27,32). The predicted molar refractivity (Wildman–Crippen MR) is 133 cm³/mol. The molecule has 0 saturated carbocycles. The van der Waals surface area contributed by atoms with E-state index in [1.165, 1.54) is 11.8 Å². The molecular weight excluding hydrogens is 448 g/mol. The first-order chi connectivity index (χ1) is 16.4. The third-order valence-electron chi connectivity index (χ3n) is 5.11. The molecule has 34 heavy (non-hydrogen) atoms. The van der Waals surface area contributed by atoms with Crippen molar-refractivity contribution in [2.24, 2.45) is 0 Å². The molecule has 0 radical (unpaired) electrons. The summed E-state index contributed by atoms with van der Waals surface area (Å²) in [5, 5.41) is 19.4. The maximum atomic E-state index is 12.4. The Hall–Kier alpha value is -3.72. The van der Waals surface area contributed by atoms with Crippen molar-refractivity contribution in [3.05, 3.63) is 82.7 Å². The van der Waals surface area contributed by atoms with E-state index in [2.05, 4.69) is 32.0 Å². The zero-order valence-corrected chi connectivity index (χ0v) is 20.1. The Kier molecular flexibility index (Phi) is 7.22. The van der Waals surface area contributed by atoms with Gasteiger partial charge in [0.15, 0.2) is 11.5 Å². The topological polar surface area (TPSA) is 101 Å². The van der Waals surface area contributed by atoms with Crippen LogP contribution in [0.5, 0.6) is 0 Å². The Morgan fingerprint density at radius 3 is 2.38 bits per heavy atom. The molecule has 174 valence electrons. The maximum Gasteiger partial charge on any atom is 0.251 e. The van der Waals surface area contributed by atoms with Crippen LogP contribution in [-0.4, -0.2) is 43.9 Å². The molecule has 0 spiro atoms. The summed E-state index contributed by atoms with van der Waals surface area (Å²) in [6.07, 6.45) is 0.479. The number of aryl methyl sites for hydroxylation is 3. The third-order valence-corrected chi connectivity index (χ3v) is 6.03. The van der Waals surface area contributed by atoms with Crippen LogP contribution in [0.1, 0.15) is 32.9 Å². The average molecular weight is 475 g/mol. The first-order valence-electron chi connectivity index (χ1n) is 10.9. The second-order valence-corrected chi connectivity index (χ2v) is 9.14. The van der Waals surface area contributed by atoms with Crippen molar-refractivity contribution in [3.63, 3.8) is 0 Å². The normalized spacial score (nSPS) is 10.9. The number of thioether (sulfide) groups is 1. The molecule has 4 rings (SSSR count). The summed E-state index contributed by atoms with van der Waals surface area (Å²) in [7, 11) is 0. The van der Waals surface area contributed by atoms with Gasteiger partial charge in [-0.1, -0.05) is 35.5 Å². The van der Waals surface area contributed by atoms with Gasteiger partial charge in [-0.25, -0.2) is 0 Å². The van der Waals surface area contributed by atoms with E-state index < -0.39 is 0 Å². The number of rotatable bonds is 8. The third kappa shape index (κ3) is 5.99. The molecule has 0 atom stereocenters. The number of nitrogens with one attached hydrogen (secondary N) is 2. The summed E-state index contributed by atoms with van der Waals surface area (Å²) in [5.74, 6) is 0.643. The van der Waals surface area contributed by atoms with Crippen LogP contribution in [0.2, 0.25) is 0 Å². The van der Waals surface area contributed by atoms with Crippen LogP contribution in [0.15, 0.2) is 59.6 Å². The lowest BCUT2D eigenvalue weighted by Gasteiger charge is -2.08. The van der Waals surface area contributed by atoms with Crippen LogP contribution in [-0.2, 0) is 11.2 Å². The van der Waals surface area contributed by atoms with Crippen molar-refractivity contribution < 1.29 is 9.59 Å². The fraction of sp³-hybridized carbons (Fsp3) is 0.240. The Morgan fingerprint density at radius 2 is 1.65 bits per heavy atom. The van der Waals surface area contributed by atoms with Gasteiger partial charge in [-0.2, -0.15) is 9.61 Å². The van der Waals surface area contributed by atoms with Crippen LogP contribution in [0.4, 0.5) is 5.69 Å². The first-order valence-corrected chi connectivity index (χ1v) is 11.9. The Morgan fingerprint density at radius 1 is 0.912 bits per heavy atom. The highest BCUT2D eigenvalue weighted by Crippen LogP contribution is 2.18. The molecule has 4 aromatic rings. The number of nitrogens with zero attached hydrogens (tertiary/aromatic N) is 4. The number of carbonyl (C=O) groups is 2. The number of aromatic nitrogens is 4. The van der Waals surface area contributed by atoms with Gasteiger partial charge in [0.25, 0.3) is 5.91 Å². The summed E-state index contributed by atoms with van der Waals surface area (Å²) in [4.78, 5) is 24.7. The Bertz CT molecular complexity index is 1310. The maximum absolute atomic E-state index is 12.4. The summed E-state index contributed by atoms with van der Waals surface area (Å²) in [6.45, 7) is 6.39. The zero-order chi connectivity index (χ0) is 24.1. The molecule has 0 aliphatic rings. The fourth-order valence-corrected chi connectivity index (χ4v) is 4.18. The van der Waals surface area contributed by atoms with E-state index in [0.717, 1.165) is 22.4 Å². The molecule has 8 nitrogen and oxygen atoms in total. The monoisotopic (exact) mass is 474 g/mol. The second kappa shape index (κ2) is 10.5. The van der Waals surface area contributed by atoms with Gasteiger partial charge in [0, 0.05) is 24.2 Å². The van der Waals surface area contributed by atoms with Crippen molar-refractivity contribution in [2.75, 3.05) is 17.6 Å². The lowest BCUT2D eigenvalue weighted by molar-refractivity contribution is -0.113. The second-order valence-electron chi connectivity index (χ2n) is 8.14. The van der Waals surface area contributed by atoms with Gasteiger partial charge in [0.2, 0.25) is 5.91 Å². The summed E-state index contributed by atoms with van der Waals surface area (Å²) in [5.41, 5.74) is 5.33. The minimum Gasteiger partial charge on any atom is -0.352 e. The molecule has 0 saturated heterocycles. The molecule has 2 heterocycles. The van der Waals surface area contributed by atoms with Gasteiger partial charge in [0.1, 0.15) is 5.03 Å². The summed E-state index contributed by atoms with van der Waals surface area (Å²) < 4.78 is 1.65. The number of hydrogen-bond donors (Lipinski definition) is 2. The van der Waals surface area contributed by atoms with E-state index >= 15 is 0 Å². The van der Waals surface area contributed by atoms with Gasteiger partial charge in [-0.05, 0) is 68.3 Å². The number of fused-ring (bicyclic) bond motifs is 1. The fourth-order valence-electron chi connectivity index (χ4n) is 3.53. The highest BCUT2D eigenvalue weighted by Gasteiger charge is 2.11. The highest BCUT2D eigenvalue weighted by atomic mass is 32.2. The summed E-state index contributed by atoms with van der Waals surface area (Å²) >= 11 is 1.34. The zero-order valence-electron chi connectivity index (χ0n) is 19.3. The van der Waals surface area contributed by atoms with Crippen LogP contribution >= 0.6 is 11.8 Å². The minimum atomic E-state index is -0.132. The van der Waals surface area contributed by atoms with Crippen molar-refractivity contribution in [2.45, 2.75) is 32.2 Å². The molecule has 0 fully saturated rings. The van der Waals surface area contributed by atoms with E-state index in [0.29, 0.717) is 35.0 Å². The minimum absolute atomic E-state index is 0.0975. The average Bonchev–Trinajstić information content (AvgIpc) is 3.19. The molecule has 0 unspecified atom stereocenters. The van der Waals surface area contributed by atoms with Crippen LogP contribution in [0.3, 0.4) is 0 Å². The van der Waals surface area contributed by atoms with Gasteiger partial charge >= 0.3 is 0 Å². The lowest BCUT2D eigenvalue weighted by atomic mass is 10.1. The molecule has 0 aliphatic carbocycles. The molecule has 2 amide bonds. The summed E-state index contributed by atoms with van der Waals surface area (Å²) in [6, 6.07) is 17.0. The molecule has 0 bridgehead atoms. The number of carbonyl (C=O) groups excluding carboxylic acids is 2. The largest absolute Gasteiger partial charge is 0.352 e. The number of hydrogen-bond acceptors (Lipinski definition) is 6. The predicted octanol–water partition coefficient (Wildman–Crippen LogP) is 3.75. The molecule has 2 aromatic heterocycles. The van der Waals surface area contributed by atoms with Crippen LogP contribution in [0.25, 0.3) is 5.65 Å². The number of benzene rings is 2. The molecule has 0 aliphatic heterocycles. The van der Waals surface area contributed by atoms with E-state index in [1.54, 1.807) is 16.6 Å². The van der Waals surface area contributed by atoms with Crippen molar-refractivity contribution in [3.8, 4) is 0 Å². The lowest BCUT2D eigenvalue weighted by Crippen LogP contribution is -2.26. The Labute approximate surface area is 202 Å². The molecule has 9 heteroatoms. The Balaban J connectivity index is 1.33. The quantitative estimate of drug-likeness (QED) is 0.377. The van der Waals surface area contributed by atoms with Gasteiger partial charge < -0.3 is 10.6 Å². The van der Waals surface area contributed by atoms with Crippen LogP contribution < -0.4 is 10.6 Å². The first kappa shape index (κ1) is 23.4. The van der Waals surface area contributed by atoms with E-state index in [9.17, 15) is 9.59 Å². The SMILES string of the molecule is Cc1ccc(C(=O)NCCc2nnc3ccc(SCC(=O)Nc4cc(C)cc(C)c4)nn23)cc1. The van der Waals surface area contributed by atoms with Gasteiger partial charge in [-0.15, -0.1) is 10.2 Å².